The maximum Gasteiger partial charge on any atom is 0.339 e. The number of ether oxygens (including phenoxy) is 3. The second-order valence-corrected chi connectivity index (χ2v) is 7.23. The first-order valence-corrected chi connectivity index (χ1v) is 9.26. The van der Waals surface area contributed by atoms with Gasteiger partial charge in [0.15, 0.2) is 0 Å². The van der Waals surface area contributed by atoms with Crippen molar-refractivity contribution in [1.82, 2.24) is 0 Å². The quantitative estimate of drug-likeness (QED) is 0.725. The summed E-state index contributed by atoms with van der Waals surface area (Å²) in [6, 6.07) is 7.64. The summed E-state index contributed by atoms with van der Waals surface area (Å²) in [6.45, 7) is 0. The first kappa shape index (κ1) is 20.5. The minimum Gasteiger partial charge on any atom is -0.495 e. The Morgan fingerprint density at radius 1 is 0.963 bits per heavy atom. The average Bonchev–Trinajstić information content (AvgIpc) is 2.66. The van der Waals surface area contributed by atoms with Gasteiger partial charge in [-0.05, 0) is 36.4 Å². The normalized spacial score (nSPS) is 10.8. The third-order valence-electron chi connectivity index (χ3n) is 3.52. The largest absolute Gasteiger partial charge is 0.495 e. The van der Waals surface area contributed by atoms with Crippen molar-refractivity contribution in [3.8, 4) is 5.75 Å². The first-order valence-electron chi connectivity index (χ1n) is 7.40. The van der Waals surface area contributed by atoms with Gasteiger partial charge in [-0.15, -0.1) is 0 Å². The number of rotatable bonds is 6. The van der Waals surface area contributed by atoms with E-state index in [0.717, 1.165) is 7.11 Å². The van der Waals surface area contributed by atoms with E-state index < -0.39 is 22.0 Å². The highest BCUT2D eigenvalue weighted by atomic mass is 35.5. The molecule has 2 aromatic carbocycles. The number of nitrogens with one attached hydrogen (secondary N) is 1. The standard InChI is InChI=1S/C17H16ClNO7S/c1-24-15-7-5-11(9-13(15)18)27(22,23)19-14-8-10(16(20)25-2)4-6-12(14)17(21)26-3/h4-9,19H,1-3H3. The van der Waals surface area contributed by atoms with Crippen LogP contribution in [0.3, 0.4) is 0 Å². The molecule has 8 nitrogen and oxygen atoms in total. The molecule has 0 fully saturated rings. The zero-order chi connectivity index (χ0) is 20.2. The molecule has 1 N–H and O–H groups in total. The van der Waals surface area contributed by atoms with Gasteiger partial charge in [-0.1, -0.05) is 11.6 Å². The molecule has 0 bridgehead atoms. The van der Waals surface area contributed by atoms with Gasteiger partial charge >= 0.3 is 11.9 Å². The molecule has 0 aliphatic carbocycles. The fourth-order valence-electron chi connectivity index (χ4n) is 2.18. The number of hydrogen-bond acceptors (Lipinski definition) is 7. The summed E-state index contributed by atoms with van der Waals surface area (Å²) in [6.07, 6.45) is 0. The van der Waals surface area contributed by atoms with Gasteiger partial charge in [-0.25, -0.2) is 18.0 Å². The van der Waals surface area contributed by atoms with Crippen molar-refractivity contribution < 1.29 is 32.2 Å². The lowest BCUT2D eigenvalue weighted by molar-refractivity contribution is 0.0587. The van der Waals surface area contributed by atoms with Crippen LogP contribution in [0.25, 0.3) is 0 Å². The second kappa shape index (κ2) is 8.28. The minimum absolute atomic E-state index is 0.0515. The summed E-state index contributed by atoms with van der Waals surface area (Å²) in [5.41, 5.74) is -0.166. The molecule has 144 valence electrons. The molecule has 0 atom stereocenters. The number of methoxy groups -OCH3 is 3. The summed E-state index contributed by atoms with van der Waals surface area (Å²) in [4.78, 5) is 23.5. The van der Waals surface area contributed by atoms with E-state index >= 15 is 0 Å². The van der Waals surface area contributed by atoms with Crippen LogP contribution in [0.5, 0.6) is 5.75 Å². The average molecular weight is 414 g/mol. The summed E-state index contributed by atoms with van der Waals surface area (Å²) in [5, 5.41) is 0.0943. The highest BCUT2D eigenvalue weighted by molar-refractivity contribution is 7.92. The van der Waals surface area contributed by atoms with E-state index in [9.17, 15) is 18.0 Å². The molecule has 27 heavy (non-hydrogen) atoms. The highest BCUT2D eigenvalue weighted by Crippen LogP contribution is 2.29. The molecular formula is C17H16ClNO7S. The lowest BCUT2D eigenvalue weighted by Gasteiger charge is -2.13. The lowest BCUT2D eigenvalue weighted by atomic mass is 10.1. The van der Waals surface area contributed by atoms with E-state index in [1.165, 1.54) is 50.6 Å². The van der Waals surface area contributed by atoms with Crippen molar-refractivity contribution >= 4 is 39.3 Å². The topological polar surface area (TPSA) is 108 Å². The highest BCUT2D eigenvalue weighted by Gasteiger charge is 2.22. The Kier molecular flexibility index (Phi) is 6.29. The van der Waals surface area contributed by atoms with E-state index in [-0.39, 0.29) is 26.7 Å². The van der Waals surface area contributed by atoms with Crippen molar-refractivity contribution in [2.45, 2.75) is 4.90 Å². The van der Waals surface area contributed by atoms with Crippen molar-refractivity contribution in [1.29, 1.82) is 0 Å². The molecule has 0 aliphatic heterocycles. The summed E-state index contributed by atoms with van der Waals surface area (Å²) >= 11 is 5.98. The smallest absolute Gasteiger partial charge is 0.339 e. The Bertz CT molecular complexity index is 989. The van der Waals surface area contributed by atoms with Gasteiger partial charge < -0.3 is 14.2 Å². The maximum absolute atomic E-state index is 12.7. The van der Waals surface area contributed by atoms with Crippen molar-refractivity contribution in [3.63, 3.8) is 0 Å². The molecule has 0 saturated carbocycles. The van der Waals surface area contributed by atoms with Gasteiger partial charge in [-0.3, -0.25) is 4.72 Å². The minimum atomic E-state index is -4.12. The van der Waals surface area contributed by atoms with Gasteiger partial charge in [0.05, 0.1) is 48.1 Å². The van der Waals surface area contributed by atoms with E-state index in [1.807, 2.05) is 0 Å². The van der Waals surface area contributed by atoms with Crippen molar-refractivity contribution in [3.05, 3.63) is 52.5 Å². The maximum atomic E-state index is 12.7. The fraction of sp³-hybridized carbons (Fsp3) is 0.176. The Labute approximate surface area is 161 Å². The number of carbonyl (C=O) groups is 2. The Morgan fingerprint density at radius 3 is 2.19 bits per heavy atom. The molecule has 0 saturated heterocycles. The van der Waals surface area contributed by atoms with Crippen molar-refractivity contribution in [2.24, 2.45) is 0 Å². The summed E-state index contributed by atoms with van der Waals surface area (Å²) < 4.78 is 41.9. The fourth-order valence-corrected chi connectivity index (χ4v) is 3.60. The SMILES string of the molecule is COC(=O)c1ccc(C(=O)OC)c(NS(=O)(=O)c2ccc(OC)c(Cl)c2)c1. The van der Waals surface area contributed by atoms with Crippen LogP contribution in [0, 0.1) is 0 Å². The van der Waals surface area contributed by atoms with Crippen LogP contribution in [-0.2, 0) is 19.5 Å². The van der Waals surface area contributed by atoms with Gasteiger partial charge in [0, 0.05) is 0 Å². The number of hydrogen-bond donors (Lipinski definition) is 1. The lowest BCUT2D eigenvalue weighted by Crippen LogP contribution is -2.17. The van der Waals surface area contributed by atoms with Crippen LogP contribution in [0.2, 0.25) is 5.02 Å². The first-order chi connectivity index (χ1) is 12.7. The zero-order valence-electron chi connectivity index (χ0n) is 14.6. The Morgan fingerprint density at radius 2 is 1.63 bits per heavy atom. The number of anilines is 1. The predicted octanol–water partition coefficient (Wildman–Crippen LogP) is 2.72. The van der Waals surface area contributed by atoms with E-state index in [0.29, 0.717) is 5.75 Å². The van der Waals surface area contributed by atoms with Crippen LogP contribution in [0.4, 0.5) is 5.69 Å². The van der Waals surface area contributed by atoms with Crippen molar-refractivity contribution in [2.75, 3.05) is 26.1 Å². The monoisotopic (exact) mass is 413 g/mol. The molecule has 0 amide bonds. The molecule has 10 heteroatoms. The number of benzene rings is 2. The van der Waals surface area contributed by atoms with Crippen LogP contribution in [0.1, 0.15) is 20.7 Å². The van der Waals surface area contributed by atoms with Gasteiger partial charge in [-0.2, -0.15) is 0 Å². The number of esters is 2. The third kappa shape index (κ3) is 4.50. The van der Waals surface area contributed by atoms with E-state index in [1.54, 1.807) is 0 Å². The van der Waals surface area contributed by atoms with Crippen LogP contribution in [-0.4, -0.2) is 41.7 Å². The summed E-state index contributed by atoms with van der Waals surface area (Å²) in [5.74, 6) is -1.17. The molecular weight excluding hydrogens is 398 g/mol. The third-order valence-corrected chi connectivity index (χ3v) is 5.18. The molecule has 0 aromatic heterocycles. The van der Waals surface area contributed by atoms with Gasteiger partial charge in [0.2, 0.25) is 0 Å². The van der Waals surface area contributed by atoms with Crippen LogP contribution >= 0.6 is 11.6 Å². The molecule has 2 rings (SSSR count). The number of carbonyl (C=O) groups excluding carboxylic acids is 2. The van der Waals surface area contributed by atoms with Gasteiger partial charge in [0.1, 0.15) is 5.75 Å². The molecule has 0 spiro atoms. The van der Waals surface area contributed by atoms with Crippen LogP contribution < -0.4 is 9.46 Å². The van der Waals surface area contributed by atoms with E-state index in [2.05, 4.69) is 14.2 Å². The number of sulfonamides is 1. The Hall–Kier alpha value is -2.78. The molecule has 0 aliphatic rings. The second-order valence-electron chi connectivity index (χ2n) is 5.15. The number of halogens is 1. The van der Waals surface area contributed by atoms with Crippen LogP contribution in [0.15, 0.2) is 41.3 Å². The van der Waals surface area contributed by atoms with E-state index in [4.69, 9.17) is 16.3 Å². The molecule has 0 heterocycles. The molecule has 2 aromatic rings. The summed E-state index contributed by atoms with van der Waals surface area (Å²) in [7, 11) is -0.396. The Balaban J connectivity index is 2.51. The molecule has 0 unspecified atom stereocenters. The molecule has 0 radical (unpaired) electrons. The predicted molar refractivity (Wildman–Crippen MR) is 97.9 cm³/mol. The van der Waals surface area contributed by atoms with Gasteiger partial charge in [0.25, 0.3) is 10.0 Å². The zero-order valence-corrected chi connectivity index (χ0v) is 16.2.